The van der Waals surface area contributed by atoms with E-state index in [9.17, 15) is 4.39 Å². The van der Waals surface area contributed by atoms with Gasteiger partial charge in [-0.05, 0) is 61.1 Å². The van der Waals surface area contributed by atoms with Gasteiger partial charge in [0.1, 0.15) is 18.2 Å². The second-order valence-corrected chi connectivity index (χ2v) is 5.60. The van der Waals surface area contributed by atoms with E-state index < -0.39 is 0 Å². The van der Waals surface area contributed by atoms with E-state index in [1.54, 1.807) is 30.5 Å². The highest BCUT2D eigenvalue weighted by molar-refractivity contribution is 7.80. The van der Waals surface area contributed by atoms with Gasteiger partial charge in [-0.1, -0.05) is 17.7 Å². The van der Waals surface area contributed by atoms with Crippen LogP contribution in [-0.2, 0) is 6.61 Å². The average Bonchev–Trinajstić information content (AvgIpc) is 2.56. The Hall–Kier alpha value is -2.18. The Kier molecular flexibility index (Phi) is 6.96. The maximum atomic E-state index is 13.7. The summed E-state index contributed by atoms with van der Waals surface area (Å²) in [6, 6.07) is 11.8. The van der Waals surface area contributed by atoms with Crippen LogP contribution in [0.2, 0.25) is 5.02 Å². The Labute approximate surface area is 150 Å². The molecule has 0 fully saturated rings. The van der Waals surface area contributed by atoms with Crippen molar-refractivity contribution in [3.05, 3.63) is 64.4 Å². The molecule has 0 saturated heterocycles. The second kappa shape index (κ2) is 9.20. The zero-order valence-electron chi connectivity index (χ0n) is 13.1. The van der Waals surface area contributed by atoms with Gasteiger partial charge in [0.25, 0.3) is 0 Å². The van der Waals surface area contributed by atoms with E-state index in [1.807, 2.05) is 19.1 Å². The number of thiocarbonyl (C=S) groups is 1. The van der Waals surface area contributed by atoms with E-state index in [0.717, 1.165) is 12.1 Å². The average molecular weight is 366 g/mol. The number of halogens is 2. The quantitative estimate of drug-likeness (QED) is 0.463. The molecule has 0 radical (unpaired) electrons. The van der Waals surface area contributed by atoms with Gasteiger partial charge in [0.15, 0.2) is 5.11 Å². The summed E-state index contributed by atoms with van der Waals surface area (Å²) in [5.74, 6) is 0.233. The number of hydrazone groups is 1. The van der Waals surface area contributed by atoms with Crippen LogP contribution in [0, 0.1) is 5.82 Å². The van der Waals surface area contributed by atoms with Crippen LogP contribution >= 0.6 is 23.8 Å². The third kappa shape index (κ3) is 5.47. The van der Waals surface area contributed by atoms with Gasteiger partial charge in [-0.2, -0.15) is 5.10 Å². The maximum absolute atomic E-state index is 13.7. The number of nitrogens with zero attached hydrogens (tertiary/aromatic N) is 1. The van der Waals surface area contributed by atoms with Crippen LogP contribution in [0.3, 0.4) is 0 Å². The molecule has 2 N–H and O–H groups in total. The van der Waals surface area contributed by atoms with Crippen LogP contribution in [0.5, 0.6) is 5.75 Å². The number of hydrogen-bond acceptors (Lipinski definition) is 3. The topological polar surface area (TPSA) is 45.7 Å². The molecule has 0 aliphatic rings. The molecule has 0 aliphatic heterocycles. The minimum atomic E-state index is -0.381. The van der Waals surface area contributed by atoms with Crippen molar-refractivity contribution in [2.75, 3.05) is 6.54 Å². The van der Waals surface area contributed by atoms with E-state index in [4.69, 9.17) is 28.6 Å². The Morgan fingerprint density at radius 2 is 2.04 bits per heavy atom. The molecular weight excluding hydrogens is 349 g/mol. The number of rotatable bonds is 6. The summed E-state index contributed by atoms with van der Waals surface area (Å²) in [5.41, 5.74) is 3.92. The van der Waals surface area contributed by atoms with Gasteiger partial charge in [-0.15, -0.1) is 0 Å². The molecule has 7 heteroatoms. The first kappa shape index (κ1) is 18.2. The molecule has 24 heavy (non-hydrogen) atoms. The van der Waals surface area contributed by atoms with E-state index in [-0.39, 0.29) is 12.4 Å². The number of ether oxygens (including phenoxy) is 1. The van der Waals surface area contributed by atoms with Crippen LogP contribution in [0.1, 0.15) is 18.1 Å². The molecule has 2 aromatic carbocycles. The van der Waals surface area contributed by atoms with E-state index in [1.165, 1.54) is 6.07 Å². The van der Waals surface area contributed by atoms with Gasteiger partial charge in [-0.25, -0.2) is 4.39 Å². The molecule has 0 heterocycles. The summed E-state index contributed by atoms with van der Waals surface area (Å²) in [5, 5.41) is 7.76. The van der Waals surface area contributed by atoms with E-state index >= 15 is 0 Å². The predicted octanol–water partition coefficient (Wildman–Crippen LogP) is 3.88. The molecule has 2 rings (SSSR count). The second-order valence-electron chi connectivity index (χ2n) is 4.79. The van der Waals surface area contributed by atoms with E-state index in [0.29, 0.717) is 21.4 Å². The largest absolute Gasteiger partial charge is 0.489 e. The third-order valence-corrected chi connectivity index (χ3v) is 3.63. The number of benzene rings is 2. The minimum Gasteiger partial charge on any atom is -0.489 e. The fourth-order valence-corrected chi connectivity index (χ4v) is 2.26. The summed E-state index contributed by atoms with van der Waals surface area (Å²) in [6.07, 6.45) is 1.64. The molecule has 0 bridgehead atoms. The fraction of sp³-hybridized carbons (Fsp3) is 0.176. The molecule has 126 valence electrons. The highest BCUT2D eigenvalue weighted by Crippen LogP contribution is 2.21. The predicted molar refractivity (Wildman–Crippen MR) is 99.2 cm³/mol. The first-order chi connectivity index (χ1) is 11.6. The zero-order valence-corrected chi connectivity index (χ0v) is 14.6. The van der Waals surface area contributed by atoms with Crippen LogP contribution in [-0.4, -0.2) is 17.9 Å². The Balaban J connectivity index is 1.90. The molecule has 0 saturated carbocycles. The first-order valence-corrected chi connectivity index (χ1v) is 8.11. The molecule has 0 aliphatic carbocycles. The number of nitrogens with one attached hydrogen (secondary N) is 2. The monoisotopic (exact) mass is 365 g/mol. The van der Waals surface area contributed by atoms with Crippen LogP contribution < -0.4 is 15.5 Å². The van der Waals surface area contributed by atoms with Crippen molar-refractivity contribution in [3.8, 4) is 5.75 Å². The lowest BCUT2D eigenvalue weighted by Crippen LogP contribution is -2.31. The van der Waals surface area contributed by atoms with Crippen LogP contribution in [0.25, 0.3) is 0 Å². The third-order valence-electron chi connectivity index (χ3n) is 3.04. The molecule has 0 unspecified atom stereocenters. The van der Waals surface area contributed by atoms with Gasteiger partial charge in [0.05, 0.1) is 11.2 Å². The highest BCUT2D eigenvalue weighted by atomic mass is 35.5. The molecule has 0 amide bonds. The van der Waals surface area contributed by atoms with Crippen LogP contribution in [0.4, 0.5) is 4.39 Å². The van der Waals surface area contributed by atoms with Crippen molar-refractivity contribution in [2.45, 2.75) is 13.5 Å². The van der Waals surface area contributed by atoms with Gasteiger partial charge in [-0.3, -0.25) is 5.43 Å². The molecular formula is C17H17ClFN3OS. The summed E-state index contributed by atoms with van der Waals surface area (Å²) in [7, 11) is 0. The lowest BCUT2D eigenvalue weighted by Gasteiger charge is -2.09. The lowest BCUT2D eigenvalue weighted by atomic mass is 10.2. The first-order valence-electron chi connectivity index (χ1n) is 7.32. The SMILES string of the molecule is CCNC(=S)N/N=C\c1ccc(OCc2c(F)cccc2Cl)cc1. The van der Waals surface area contributed by atoms with Crippen molar-refractivity contribution in [1.82, 2.24) is 10.7 Å². The van der Waals surface area contributed by atoms with Crippen molar-refractivity contribution >= 4 is 35.1 Å². The highest BCUT2D eigenvalue weighted by Gasteiger charge is 2.07. The smallest absolute Gasteiger partial charge is 0.186 e. The summed E-state index contributed by atoms with van der Waals surface area (Å²) < 4.78 is 19.2. The summed E-state index contributed by atoms with van der Waals surface area (Å²) in [6.45, 7) is 2.75. The van der Waals surface area contributed by atoms with Gasteiger partial charge >= 0.3 is 0 Å². The standard InChI is InChI=1S/C17H17ClFN3OS/c1-2-20-17(24)22-21-10-12-6-8-13(9-7-12)23-11-14-15(18)4-3-5-16(14)19/h3-10H,2,11H2,1H3,(H2,20,22,24)/b21-10-. The molecule has 0 aromatic heterocycles. The Bertz CT molecular complexity index is 702. The van der Waals surface area contributed by atoms with Gasteiger partial charge in [0, 0.05) is 12.1 Å². The van der Waals surface area contributed by atoms with Crippen molar-refractivity contribution in [2.24, 2.45) is 5.10 Å². The summed E-state index contributed by atoms with van der Waals surface area (Å²) >= 11 is 11.0. The zero-order chi connectivity index (χ0) is 17.4. The minimum absolute atomic E-state index is 0.0669. The molecule has 4 nitrogen and oxygen atoms in total. The number of hydrogen-bond donors (Lipinski definition) is 2. The fourth-order valence-electron chi connectivity index (χ4n) is 1.84. The summed E-state index contributed by atoms with van der Waals surface area (Å²) in [4.78, 5) is 0. The van der Waals surface area contributed by atoms with Crippen molar-refractivity contribution in [3.63, 3.8) is 0 Å². The lowest BCUT2D eigenvalue weighted by molar-refractivity contribution is 0.300. The Morgan fingerprint density at radius 1 is 1.29 bits per heavy atom. The molecule has 2 aromatic rings. The van der Waals surface area contributed by atoms with E-state index in [2.05, 4.69) is 15.8 Å². The van der Waals surface area contributed by atoms with Crippen molar-refractivity contribution in [1.29, 1.82) is 0 Å². The van der Waals surface area contributed by atoms with Gasteiger partial charge < -0.3 is 10.1 Å². The molecule has 0 atom stereocenters. The maximum Gasteiger partial charge on any atom is 0.186 e. The van der Waals surface area contributed by atoms with Gasteiger partial charge in [0.2, 0.25) is 0 Å². The molecule has 0 spiro atoms. The van der Waals surface area contributed by atoms with Crippen LogP contribution in [0.15, 0.2) is 47.6 Å². The Morgan fingerprint density at radius 3 is 2.71 bits per heavy atom. The van der Waals surface area contributed by atoms with Crippen molar-refractivity contribution < 1.29 is 9.13 Å². The normalized spacial score (nSPS) is 10.6.